The Hall–Kier alpha value is -2.15. The van der Waals surface area contributed by atoms with Gasteiger partial charge in [0.15, 0.2) is 0 Å². The van der Waals surface area contributed by atoms with Gasteiger partial charge in [0, 0.05) is 32.0 Å². The molecule has 4 N–H and O–H groups in total. The summed E-state index contributed by atoms with van der Waals surface area (Å²) < 4.78 is 34.9. The monoisotopic (exact) mass is 534 g/mol. The van der Waals surface area contributed by atoms with Crippen molar-refractivity contribution in [1.29, 1.82) is 0 Å². The number of benzene rings is 1. The lowest BCUT2D eigenvalue weighted by Gasteiger charge is -2.18. The lowest BCUT2D eigenvalue weighted by atomic mass is 10.1. The molecule has 10 nitrogen and oxygen atoms in total. The predicted molar refractivity (Wildman–Crippen MR) is 124 cm³/mol. The van der Waals surface area contributed by atoms with Crippen LogP contribution >= 0.6 is 27.5 Å². The van der Waals surface area contributed by atoms with Gasteiger partial charge < -0.3 is 25.8 Å². The van der Waals surface area contributed by atoms with Crippen LogP contribution in [-0.4, -0.2) is 68.1 Å². The van der Waals surface area contributed by atoms with Crippen LogP contribution in [0.15, 0.2) is 38.2 Å². The molecule has 1 aromatic carbocycles. The number of anilines is 2. The molecule has 0 aliphatic heterocycles. The highest BCUT2D eigenvalue weighted by Crippen LogP contribution is 2.28. The number of sulfonamides is 1. The Bertz CT molecular complexity index is 1020. The first kappa shape index (κ1) is 25.1. The fourth-order valence-corrected chi connectivity index (χ4v) is 3.90. The molecule has 1 heterocycles. The smallest absolute Gasteiger partial charge is 0.287 e. The summed E-state index contributed by atoms with van der Waals surface area (Å²) in [5, 5.41) is 12.8. The van der Waals surface area contributed by atoms with Crippen LogP contribution in [0.25, 0.3) is 0 Å². The van der Waals surface area contributed by atoms with E-state index in [0.717, 1.165) is 0 Å². The number of hydrogen-bond acceptors (Lipinski definition) is 8. The van der Waals surface area contributed by atoms with Crippen molar-refractivity contribution in [2.75, 3.05) is 38.4 Å². The lowest BCUT2D eigenvalue weighted by molar-refractivity contribution is 0.250. The minimum atomic E-state index is -3.95. The van der Waals surface area contributed by atoms with Gasteiger partial charge in [-0.15, -0.1) is 4.40 Å². The zero-order chi connectivity index (χ0) is 23.0. The third-order valence-electron chi connectivity index (χ3n) is 3.89. The summed E-state index contributed by atoms with van der Waals surface area (Å²) in [5.74, 6) is 0.581. The number of aliphatic hydroxyl groups is 1. The zero-order valence-electron chi connectivity index (χ0n) is 17.0. The normalized spacial score (nSPS) is 12.7. The quantitative estimate of drug-likeness (QED) is 0.130. The highest BCUT2D eigenvalue weighted by molar-refractivity contribution is 9.10. The molecule has 13 heteroatoms. The largest absolute Gasteiger partial charge is 0.492 e. The van der Waals surface area contributed by atoms with Crippen molar-refractivity contribution in [2.24, 2.45) is 4.40 Å². The standard InChI is InChI=1S/C18H24BrClN6O4S/c1-26(2)11-23-31(28,29)16-6-5-12(21)8-15(16)30-7-3-4-13(10-27)24-17-14(19)9-22-18(20)25-17/h5-6,8-9,11,13,27H,3-4,7,10,21H2,1-2H3,(H,22,24,25). The molecule has 1 atom stereocenters. The van der Waals surface area contributed by atoms with Gasteiger partial charge in [-0.2, -0.15) is 13.4 Å². The Morgan fingerprint density at radius 3 is 2.87 bits per heavy atom. The van der Waals surface area contributed by atoms with Gasteiger partial charge in [-0.1, -0.05) is 0 Å². The van der Waals surface area contributed by atoms with Gasteiger partial charge in [0.1, 0.15) is 22.8 Å². The summed E-state index contributed by atoms with van der Waals surface area (Å²) in [4.78, 5) is 9.36. The van der Waals surface area contributed by atoms with Crippen LogP contribution in [0.3, 0.4) is 0 Å². The maximum absolute atomic E-state index is 12.5. The second kappa shape index (κ2) is 11.5. The van der Waals surface area contributed by atoms with Crippen LogP contribution < -0.4 is 15.8 Å². The van der Waals surface area contributed by atoms with Crippen LogP contribution in [-0.2, 0) is 10.0 Å². The van der Waals surface area contributed by atoms with E-state index in [4.69, 9.17) is 22.1 Å². The molecule has 0 radical (unpaired) electrons. The summed E-state index contributed by atoms with van der Waals surface area (Å²) in [6.45, 7) is 0.0540. The minimum absolute atomic E-state index is 0.0730. The molecule has 0 fully saturated rings. The number of halogens is 2. The third kappa shape index (κ3) is 7.80. The van der Waals surface area contributed by atoms with E-state index < -0.39 is 10.0 Å². The van der Waals surface area contributed by atoms with Gasteiger partial charge in [-0.25, -0.2) is 4.98 Å². The summed E-state index contributed by atoms with van der Waals surface area (Å²) in [7, 11) is -0.616. The van der Waals surface area contributed by atoms with Crippen LogP contribution in [0.2, 0.25) is 5.28 Å². The number of aromatic nitrogens is 2. The van der Waals surface area contributed by atoms with Gasteiger partial charge >= 0.3 is 0 Å². The fourth-order valence-electron chi connectivity index (χ4n) is 2.42. The lowest BCUT2D eigenvalue weighted by Crippen LogP contribution is -2.25. The van der Waals surface area contributed by atoms with E-state index in [9.17, 15) is 13.5 Å². The Morgan fingerprint density at radius 2 is 2.19 bits per heavy atom. The predicted octanol–water partition coefficient (Wildman–Crippen LogP) is 2.39. The van der Waals surface area contributed by atoms with Gasteiger partial charge in [0.25, 0.3) is 10.0 Å². The molecule has 1 unspecified atom stereocenters. The summed E-state index contributed by atoms with van der Waals surface area (Å²) in [6.07, 6.45) is 3.75. The van der Waals surface area contributed by atoms with Crippen molar-refractivity contribution in [3.63, 3.8) is 0 Å². The van der Waals surface area contributed by atoms with E-state index in [2.05, 4.69) is 35.6 Å². The van der Waals surface area contributed by atoms with E-state index in [-0.39, 0.29) is 35.2 Å². The molecule has 0 aliphatic rings. The average molecular weight is 536 g/mol. The molecule has 0 saturated heterocycles. The van der Waals surface area contributed by atoms with E-state index >= 15 is 0 Å². The van der Waals surface area contributed by atoms with E-state index in [1.54, 1.807) is 14.1 Å². The molecule has 2 rings (SSSR count). The van der Waals surface area contributed by atoms with Crippen molar-refractivity contribution in [2.45, 2.75) is 23.8 Å². The molecular formula is C18H24BrClN6O4S. The Kier molecular flexibility index (Phi) is 9.29. The molecule has 31 heavy (non-hydrogen) atoms. The van der Waals surface area contributed by atoms with Crippen LogP contribution in [0.4, 0.5) is 11.5 Å². The molecule has 0 aliphatic carbocycles. The van der Waals surface area contributed by atoms with E-state index in [0.29, 0.717) is 28.8 Å². The fraction of sp³-hybridized carbons (Fsp3) is 0.389. The van der Waals surface area contributed by atoms with Crippen molar-refractivity contribution in [3.05, 3.63) is 34.2 Å². The molecule has 170 valence electrons. The van der Waals surface area contributed by atoms with Gasteiger partial charge in [0.2, 0.25) is 5.28 Å². The van der Waals surface area contributed by atoms with E-state index in [1.165, 1.54) is 35.6 Å². The molecule has 0 amide bonds. The Balaban J connectivity index is 2.01. The maximum atomic E-state index is 12.5. The molecule has 2 aromatic rings. The molecular weight excluding hydrogens is 512 g/mol. The van der Waals surface area contributed by atoms with Gasteiger partial charge in [0.05, 0.1) is 23.7 Å². The Labute approximate surface area is 194 Å². The molecule has 0 bridgehead atoms. The second-order valence-electron chi connectivity index (χ2n) is 6.72. The average Bonchev–Trinajstić information content (AvgIpc) is 2.71. The molecule has 0 spiro atoms. The SMILES string of the molecule is CN(C)C=NS(=O)(=O)c1ccc(N)cc1OCCCC(CO)Nc1nc(Cl)ncc1Br. The number of nitrogens with two attached hydrogens (primary N) is 1. The number of hydrogen-bond donors (Lipinski definition) is 3. The van der Waals surface area contributed by atoms with Crippen LogP contribution in [0.5, 0.6) is 5.75 Å². The Morgan fingerprint density at radius 1 is 1.45 bits per heavy atom. The number of nitrogen functional groups attached to an aromatic ring is 1. The minimum Gasteiger partial charge on any atom is -0.492 e. The first-order chi connectivity index (χ1) is 14.6. The highest BCUT2D eigenvalue weighted by Gasteiger charge is 2.19. The topological polar surface area (TPSA) is 143 Å². The first-order valence-electron chi connectivity index (χ1n) is 9.17. The first-order valence-corrected chi connectivity index (χ1v) is 11.8. The highest BCUT2D eigenvalue weighted by atomic mass is 79.9. The van der Waals surface area contributed by atoms with Crippen molar-refractivity contribution in [1.82, 2.24) is 14.9 Å². The summed E-state index contributed by atoms with van der Waals surface area (Å²) in [6, 6.07) is 3.96. The number of aliphatic hydroxyl groups excluding tert-OH is 1. The summed E-state index contributed by atoms with van der Waals surface area (Å²) in [5.41, 5.74) is 6.15. The number of nitrogens with one attached hydrogen (secondary N) is 1. The van der Waals surface area contributed by atoms with Crippen LogP contribution in [0.1, 0.15) is 12.8 Å². The van der Waals surface area contributed by atoms with E-state index in [1.807, 2.05) is 0 Å². The van der Waals surface area contributed by atoms with Gasteiger partial charge in [-0.3, -0.25) is 0 Å². The van der Waals surface area contributed by atoms with Crippen molar-refractivity contribution < 1.29 is 18.3 Å². The number of ether oxygens (including phenoxy) is 1. The second-order valence-corrected chi connectivity index (χ2v) is 9.51. The van der Waals surface area contributed by atoms with Crippen LogP contribution in [0, 0.1) is 0 Å². The number of rotatable bonds is 11. The third-order valence-corrected chi connectivity index (χ3v) is 5.92. The maximum Gasteiger partial charge on any atom is 0.287 e. The summed E-state index contributed by atoms with van der Waals surface area (Å²) >= 11 is 9.12. The van der Waals surface area contributed by atoms with Crippen molar-refractivity contribution >= 4 is 55.4 Å². The van der Waals surface area contributed by atoms with Crippen molar-refractivity contribution in [3.8, 4) is 5.75 Å². The van der Waals surface area contributed by atoms with Gasteiger partial charge in [-0.05, 0) is 52.5 Å². The zero-order valence-corrected chi connectivity index (χ0v) is 20.2. The molecule has 0 saturated carbocycles. The number of nitrogens with zero attached hydrogens (tertiary/aromatic N) is 4. The molecule has 1 aromatic heterocycles.